The van der Waals surface area contributed by atoms with Gasteiger partial charge in [0.15, 0.2) is 0 Å². The van der Waals surface area contributed by atoms with Crippen molar-refractivity contribution < 1.29 is 4.74 Å². The molecule has 1 aromatic carbocycles. The minimum absolute atomic E-state index is 0.472. The predicted octanol–water partition coefficient (Wildman–Crippen LogP) is 4.45. The van der Waals surface area contributed by atoms with Gasteiger partial charge in [-0.25, -0.2) is 0 Å². The van der Waals surface area contributed by atoms with E-state index in [0.29, 0.717) is 5.41 Å². The summed E-state index contributed by atoms with van der Waals surface area (Å²) in [5.74, 6) is 0.943. The van der Waals surface area contributed by atoms with E-state index in [0.717, 1.165) is 5.75 Å². The minimum Gasteiger partial charge on any atom is -0.497 e. The van der Waals surface area contributed by atoms with Gasteiger partial charge in [0.05, 0.1) is 7.11 Å². The van der Waals surface area contributed by atoms with Gasteiger partial charge < -0.3 is 4.74 Å². The van der Waals surface area contributed by atoms with Gasteiger partial charge in [0.1, 0.15) is 5.75 Å². The Morgan fingerprint density at radius 2 is 1.62 bits per heavy atom. The minimum atomic E-state index is 0.472. The van der Waals surface area contributed by atoms with Crippen molar-refractivity contribution in [3.63, 3.8) is 0 Å². The highest BCUT2D eigenvalue weighted by Crippen LogP contribution is 2.22. The van der Waals surface area contributed by atoms with Crippen LogP contribution >= 0.6 is 0 Å². The molecule has 1 nitrogen and oxygen atoms in total. The molecular weight excluding hydrogens is 196 g/mol. The molecule has 0 amide bonds. The molecule has 0 N–H and O–H groups in total. The van der Waals surface area contributed by atoms with Gasteiger partial charge in [0, 0.05) is 0 Å². The molecule has 0 heterocycles. The number of unbranched alkanes of at least 4 members (excludes halogenated alkanes) is 1. The first-order valence-corrected chi connectivity index (χ1v) is 6.14. The molecule has 1 aromatic rings. The van der Waals surface area contributed by atoms with Gasteiger partial charge in [-0.05, 0) is 42.4 Å². The van der Waals surface area contributed by atoms with E-state index < -0.39 is 0 Å². The molecule has 0 bridgehead atoms. The Balaban J connectivity index is 2.27. The Hall–Kier alpha value is -0.980. The van der Waals surface area contributed by atoms with Crippen LogP contribution in [-0.4, -0.2) is 7.11 Å². The average Bonchev–Trinajstić information content (AvgIpc) is 2.24. The number of aryl methyl sites for hydroxylation is 1. The molecule has 0 unspecified atom stereocenters. The van der Waals surface area contributed by atoms with Crippen LogP contribution < -0.4 is 4.74 Å². The van der Waals surface area contributed by atoms with Crippen LogP contribution in [0.15, 0.2) is 24.3 Å². The van der Waals surface area contributed by atoms with E-state index >= 15 is 0 Å². The van der Waals surface area contributed by atoms with Crippen LogP contribution in [0.25, 0.3) is 0 Å². The second-order valence-corrected chi connectivity index (χ2v) is 5.62. The van der Waals surface area contributed by atoms with E-state index in [1.807, 2.05) is 12.1 Å². The Bertz CT molecular complexity index is 292. The summed E-state index contributed by atoms with van der Waals surface area (Å²) in [6.07, 6.45) is 5.09. The molecule has 1 heteroatoms. The van der Waals surface area contributed by atoms with E-state index in [1.165, 1.54) is 31.2 Å². The summed E-state index contributed by atoms with van der Waals surface area (Å²) >= 11 is 0. The highest BCUT2D eigenvalue weighted by molar-refractivity contribution is 5.27. The van der Waals surface area contributed by atoms with Crippen molar-refractivity contribution in [3.05, 3.63) is 29.8 Å². The lowest BCUT2D eigenvalue weighted by Gasteiger charge is -2.17. The van der Waals surface area contributed by atoms with Gasteiger partial charge >= 0.3 is 0 Å². The monoisotopic (exact) mass is 220 g/mol. The third-order valence-electron chi connectivity index (χ3n) is 2.80. The Kier molecular flexibility index (Phi) is 4.85. The molecule has 16 heavy (non-hydrogen) atoms. The first kappa shape index (κ1) is 13.1. The molecule has 0 aliphatic carbocycles. The fourth-order valence-corrected chi connectivity index (χ4v) is 1.78. The number of hydrogen-bond acceptors (Lipinski definition) is 1. The molecule has 0 radical (unpaired) electrons. The lowest BCUT2D eigenvalue weighted by atomic mass is 9.89. The molecule has 0 aliphatic rings. The normalized spacial score (nSPS) is 11.5. The van der Waals surface area contributed by atoms with Crippen LogP contribution in [0.5, 0.6) is 5.75 Å². The van der Waals surface area contributed by atoms with E-state index in [4.69, 9.17) is 4.74 Å². The predicted molar refractivity (Wildman–Crippen MR) is 70.0 cm³/mol. The molecular formula is C15H24O. The maximum absolute atomic E-state index is 5.14. The SMILES string of the molecule is COc1ccc(CCCCC(C)(C)C)cc1. The molecule has 0 spiro atoms. The summed E-state index contributed by atoms with van der Waals surface area (Å²) in [5, 5.41) is 0. The summed E-state index contributed by atoms with van der Waals surface area (Å²) < 4.78 is 5.14. The third-order valence-corrected chi connectivity index (χ3v) is 2.80. The molecule has 1 rings (SSSR count). The summed E-state index contributed by atoms with van der Waals surface area (Å²) in [4.78, 5) is 0. The maximum Gasteiger partial charge on any atom is 0.118 e. The molecule has 0 saturated carbocycles. The smallest absolute Gasteiger partial charge is 0.118 e. The second kappa shape index (κ2) is 5.93. The maximum atomic E-state index is 5.14. The zero-order chi connectivity index (χ0) is 12.0. The zero-order valence-electron chi connectivity index (χ0n) is 11.0. The first-order valence-electron chi connectivity index (χ1n) is 6.14. The number of rotatable bonds is 5. The van der Waals surface area contributed by atoms with Crippen LogP contribution in [0.3, 0.4) is 0 Å². The number of hydrogen-bond donors (Lipinski definition) is 0. The summed E-state index contributed by atoms with van der Waals surface area (Å²) in [6.45, 7) is 6.92. The van der Waals surface area contributed by atoms with Crippen molar-refractivity contribution in [3.8, 4) is 5.75 Å². The summed E-state index contributed by atoms with van der Waals surface area (Å²) in [6, 6.07) is 8.41. The van der Waals surface area contributed by atoms with Gasteiger partial charge in [-0.15, -0.1) is 0 Å². The zero-order valence-corrected chi connectivity index (χ0v) is 11.0. The number of methoxy groups -OCH3 is 1. The largest absolute Gasteiger partial charge is 0.497 e. The lowest BCUT2D eigenvalue weighted by molar-refractivity contribution is 0.360. The molecule has 0 aromatic heterocycles. The number of benzene rings is 1. The van der Waals surface area contributed by atoms with Crippen molar-refractivity contribution >= 4 is 0 Å². The second-order valence-electron chi connectivity index (χ2n) is 5.62. The first-order chi connectivity index (χ1) is 7.51. The van der Waals surface area contributed by atoms with Gasteiger partial charge in [-0.1, -0.05) is 39.3 Å². The number of ether oxygens (including phenoxy) is 1. The van der Waals surface area contributed by atoms with Gasteiger partial charge in [0.2, 0.25) is 0 Å². The topological polar surface area (TPSA) is 9.23 Å². The van der Waals surface area contributed by atoms with Crippen molar-refractivity contribution in [1.29, 1.82) is 0 Å². The lowest BCUT2D eigenvalue weighted by Crippen LogP contribution is -2.04. The van der Waals surface area contributed by atoms with Crippen LogP contribution in [0, 0.1) is 5.41 Å². The molecule has 0 atom stereocenters. The van der Waals surface area contributed by atoms with Gasteiger partial charge in [-0.3, -0.25) is 0 Å². The van der Waals surface area contributed by atoms with Crippen molar-refractivity contribution in [2.75, 3.05) is 7.11 Å². The highest BCUT2D eigenvalue weighted by Gasteiger charge is 2.08. The Labute approximate surface area is 99.8 Å². The van der Waals surface area contributed by atoms with Crippen molar-refractivity contribution in [2.45, 2.75) is 46.5 Å². The highest BCUT2D eigenvalue weighted by atomic mass is 16.5. The summed E-state index contributed by atoms with van der Waals surface area (Å²) in [7, 11) is 1.71. The molecule has 90 valence electrons. The molecule has 0 saturated heterocycles. The van der Waals surface area contributed by atoms with E-state index in [-0.39, 0.29) is 0 Å². The van der Waals surface area contributed by atoms with Crippen LogP contribution in [0.4, 0.5) is 0 Å². The fourth-order valence-electron chi connectivity index (χ4n) is 1.78. The fraction of sp³-hybridized carbons (Fsp3) is 0.600. The van der Waals surface area contributed by atoms with Gasteiger partial charge in [0.25, 0.3) is 0 Å². The molecule has 0 fully saturated rings. The summed E-state index contributed by atoms with van der Waals surface area (Å²) in [5.41, 5.74) is 1.88. The van der Waals surface area contributed by atoms with E-state index in [1.54, 1.807) is 7.11 Å². The molecule has 0 aliphatic heterocycles. The van der Waals surface area contributed by atoms with Crippen LogP contribution in [-0.2, 0) is 6.42 Å². The Morgan fingerprint density at radius 1 is 1.00 bits per heavy atom. The Morgan fingerprint density at radius 3 is 2.12 bits per heavy atom. The quantitative estimate of drug-likeness (QED) is 0.666. The third kappa shape index (κ3) is 5.20. The standard InChI is InChI=1S/C15H24O/c1-15(2,3)12-6-5-7-13-8-10-14(16-4)11-9-13/h8-11H,5-7,12H2,1-4H3. The average molecular weight is 220 g/mol. The van der Waals surface area contributed by atoms with E-state index in [2.05, 4.69) is 32.9 Å². The van der Waals surface area contributed by atoms with Crippen LogP contribution in [0.2, 0.25) is 0 Å². The van der Waals surface area contributed by atoms with E-state index in [9.17, 15) is 0 Å². The van der Waals surface area contributed by atoms with Gasteiger partial charge in [-0.2, -0.15) is 0 Å². The van der Waals surface area contributed by atoms with Crippen molar-refractivity contribution in [1.82, 2.24) is 0 Å². The van der Waals surface area contributed by atoms with Crippen molar-refractivity contribution in [2.24, 2.45) is 5.41 Å². The van der Waals surface area contributed by atoms with Crippen LogP contribution in [0.1, 0.15) is 45.6 Å².